The smallest absolute Gasteiger partial charge is 0.193 e. The maximum absolute atomic E-state index is 5.39. The molecule has 1 aromatic rings. The van der Waals surface area contributed by atoms with Crippen LogP contribution in [0.2, 0.25) is 0 Å². The van der Waals surface area contributed by atoms with E-state index >= 15 is 0 Å². The maximum atomic E-state index is 5.39. The van der Waals surface area contributed by atoms with Gasteiger partial charge in [-0.25, -0.2) is 0 Å². The number of methoxy groups -OCH3 is 2. The van der Waals surface area contributed by atoms with E-state index in [0.29, 0.717) is 12.1 Å². The van der Waals surface area contributed by atoms with Crippen LogP contribution in [-0.4, -0.2) is 75.8 Å². The Morgan fingerprint density at radius 2 is 1.67 bits per heavy atom. The average Bonchev–Trinajstić information content (AvgIpc) is 2.65. The third kappa shape index (κ3) is 7.29. The van der Waals surface area contributed by atoms with Gasteiger partial charge in [0, 0.05) is 45.8 Å². The van der Waals surface area contributed by atoms with Gasteiger partial charge in [0.15, 0.2) is 17.5 Å². The quantitative estimate of drug-likeness (QED) is 0.501. The van der Waals surface area contributed by atoms with Crippen LogP contribution in [0.3, 0.4) is 0 Å². The summed E-state index contributed by atoms with van der Waals surface area (Å²) < 4.78 is 10.7. The number of hydrogen-bond acceptors (Lipinski definition) is 4. The van der Waals surface area contributed by atoms with Gasteiger partial charge < -0.3 is 19.7 Å². The molecule has 0 saturated carbocycles. The van der Waals surface area contributed by atoms with Crippen LogP contribution < -0.4 is 14.8 Å². The Balaban J connectivity index is 2.55. The summed E-state index contributed by atoms with van der Waals surface area (Å²) in [6.45, 7) is 11.7. The van der Waals surface area contributed by atoms with Gasteiger partial charge >= 0.3 is 0 Å². The van der Waals surface area contributed by atoms with Crippen molar-refractivity contribution in [2.75, 3.05) is 47.9 Å². The van der Waals surface area contributed by atoms with Crippen LogP contribution in [0.5, 0.6) is 11.5 Å². The number of nitrogens with one attached hydrogen (secondary N) is 1. The molecule has 0 amide bonds. The van der Waals surface area contributed by atoms with Crippen LogP contribution in [0.4, 0.5) is 0 Å². The normalized spacial score (nSPS) is 12.0. The molecule has 1 N–H and O–H groups in total. The lowest BCUT2D eigenvalue weighted by molar-refractivity contribution is 0.178. The zero-order valence-electron chi connectivity index (χ0n) is 18.4. The fraction of sp³-hybridized carbons (Fsp3) is 0.667. The predicted molar refractivity (Wildman–Crippen MR) is 114 cm³/mol. The van der Waals surface area contributed by atoms with Crippen molar-refractivity contribution >= 4 is 5.96 Å². The fourth-order valence-corrected chi connectivity index (χ4v) is 3.23. The minimum atomic E-state index is 0.539. The van der Waals surface area contributed by atoms with Gasteiger partial charge in [-0.15, -0.1) is 0 Å². The Morgan fingerprint density at radius 1 is 1.04 bits per heavy atom. The standard InChI is InChI=1S/C21H38N4O2/c1-16(2)25(17(3)4)14-12-23-21(22-5)24(6)13-11-18-9-10-19(26-7)20(15-18)27-8/h9-10,15-17H,11-14H2,1-8H3,(H,22,23). The van der Waals surface area contributed by atoms with Crippen molar-refractivity contribution in [1.82, 2.24) is 15.1 Å². The molecule has 6 heteroatoms. The Hall–Kier alpha value is -1.95. The molecule has 1 rings (SSSR count). The summed E-state index contributed by atoms with van der Waals surface area (Å²) in [7, 11) is 7.22. The minimum absolute atomic E-state index is 0.539. The molecule has 0 spiro atoms. The first-order chi connectivity index (χ1) is 12.8. The van der Waals surface area contributed by atoms with Crippen LogP contribution in [0, 0.1) is 0 Å². The second-order valence-corrected chi connectivity index (χ2v) is 7.26. The van der Waals surface area contributed by atoms with Gasteiger partial charge in [-0.1, -0.05) is 6.07 Å². The van der Waals surface area contributed by atoms with Gasteiger partial charge in [0.1, 0.15) is 0 Å². The molecule has 0 aromatic heterocycles. The summed E-state index contributed by atoms with van der Waals surface area (Å²) in [4.78, 5) is 9.05. The number of rotatable bonds is 10. The van der Waals surface area contributed by atoms with Crippen molar-refractivity contribution in [2.45, 2.75) is 46.2 Å². The second kappa shape index (κ2) is 11.7. The van der Waals surface area contributed by atoms with Crippen LogP contribution in [0.1, 0.15) is 33.3 Å². The Bertz CT molecular complexity index is 580. The van der Waals surface area contributed by atoms with Crippen LogP contribution in [-0.2, 0) is 6.42 Å². The van der Waals surface area contributed by atoms with Crippen LogP contribution >= 0.6 is 0 Å². The molecule has 0 atom stereocenters. The van der Waals surface area contributed by atoms with Crippen molar-refractivity contribution in [2.24, 2.45) is 4.99 Å². The molecule has 0 unspecified atom stereocenters. The summed E-state index contributed by atoms with van der Waals surface area (Å²) in [5.41, 5.74) is 1.21. The number of aliphatic imine (C=N–C) groups is 1. The van der Waals surface area contributed by atoms with Gasteiger partial charge in [-0.3, -0.25) is 9.89 Å². The molecule has 0 bridgehead atoms. The van der Waals surface area contributed by atoms with E-state index < -0.39 is 0 Å². The molecule has 0 radical (unpaired) electrons. The topological polar surface area (TPSA) is 49.3 Å². The predicted octanol–water partition coefficient (Wildman–Crippen LogP) is 2.87. The van der Waals surface area contributed by atoms with E-state index in [9.17, 15) is 0 Å². The first kappa shape index (κ1) is 23.1. The minimum Gasteiger partial charge on any atom is -0.493 e. The van der Waals surface area contributed by atoms with Gasteiger partial charge in [0.25, 0.3) is 0 Å². The maximum Gasteiger partial charge on any atom is 0.193 e. The summed E-state index contributed by atoms with van der Waals surface area (Å²) >= 11 is 0. The van der Waals surface area contributed by atoms with Gasteiger partial charge in [0.2, 0.25) is 0 Å². The fourth-order valence-electron chi connectivity index (χ4n) is 3.23. The molecule has 0 saturated heterocycles. The third-order valence-electron chi connectivity index (χ3n) is 4.74. The summed E-state index contributed by atoms with van der Waals surface area (Å²) in [6, 6.07) is 7.14. The number of hydrogen-bond donors (Lipinski definition) is 1. The van der Waals surface area contributed by atoms with Crippen LogP contribution in [0.25, 0.3) is 0 Å². The molecule has 27 heavy (non-hydrogen) atoms. The third-order valence-corrected chi connectivity index (χ3v) is 4.74. The first-order valence-electron chi connectivity index (χ1n) is 9.72. The Labute approximate surface area is 165 Å². The van der Waals surface area contributed by atoms with E-state index in [4.69, 9.17) is 9.47 Å². The largest absolute Gasteiger partial charge is 0.493 e. The Morgan fingerprint density at radius 3 is 2.19 bits per heavy atom. The molecular formula is C21H38N4O2. The molecule has 0 heterocycles. The molecule has 0 aliphatic heterocycles. The number of ether oxygens (including phenoxy) is 2. The molecule has 0 aliphatic rings. The lowest BCUT2D eigenvalue weighted by Crippen LogP contribution is -2.46. The van der Waals surface area contributed by atoms with Gasteiger partial charge in [-0.2, -0.15) is 0 Å². The van der Waals surface area contributed by atoms with Crippen molar-refractivity contribution in [1.29, 1.82) is 0 Å². The Kier molecular flexibility index (Phi) is 10.0. The average molecular weight is 379 g/mol. The monoisotopic (exact) mass is 378 g/mol. The molecular weight excluding hydrogens is 340 g/mol. The number of benzene rings is 1. The van der Waals surface area contributed by atoms with E-state index in [-0.39, 0.29) is 0 Å². The zero-order valence-corrected chi connectivity index (χ0v) is 18.4. The summed E-state index contributed by atoms with van der Waals surface area (Å²) in [6.07, 6.45) is 0.904. The van der Waals surface area contributed by atoms with E-state index in [2.05, 4.69) is 60.9 Å². The molecule has 1 aromatic carbocycles. The summed E-state index contributed by atoms with van der Waals surface area (Å²) in [5, 5.41) is 3.48. The SMILES string of the molecule is CN=C(NCCN(C(C)C)C(C)C)N(C)CCc1ccc(OC)c(OC)c1. The summed E-state index contributed by atoms with van der Waals surface area (Å²) in [5.74, 6) is 2.44. The molecule has 0 aliphatic carbocycles. The van der Waals surface area contributed by atoms with Gasteiger partial charge in [-0.05, 0) is 51.8 Å². The molecule has 6 nitrogen and oxygen atoms in total. The van der Waals surface area contributed by atoms with E-state index in [1.54, 1.807) is 14.2 Å². The highest BCUT2D eigenvalue weighted by atomic mass is 16.5. The van der Waals surface area contributed by atoms with Gasteiger partial charge in [0.05, 0.1) is 14.2 Å². The number of guanidine groups is 1. The van der Waals surface area contributed by atoms with Crippen LogP contribution in [0.15, 0.2) is 23.2 Å². The van der Waals surface area contributed by atoms with E-state index in [1.807, 2.05) is 19.2 Å². The second-order valence-electron chi connectivity index (χ2n) is 7.26. The van der Waals surface area contributed by atoms with Crippen molar-refractivity contribution in [3.8, 4) is 11.5 Å². The number of likely N-dealkylation sites (N-methyl/N-ethyl adjacent to an activating group) is 1. The zero-order chi connectivity index (χ0) is 20.4. The highest BCUT2D eigenvalue weighted by Crippen LogP contribution is 2.27. The van der Waals surface area contributed by atoms with E-state index in [1.165, 1.54) is 5.56 Å². The number of nitrogens with zero attached hydrogens (tertiary/aromatic N) is 3. The van der Waals surface area contributed by atoms with Crippen molar-refractivity contribution in [3.63, 3.8) is 0 Å². The van der Waals surface area contributed by atoms with Crippen molar-refractivity contribution in [3.05, 3.63) is 23.8 Å². The first-order valence-corrected chi connectivity index (χ1v) is 9.72. The highest BCUT2D eigenvalue weighted by Gasteiger charge is 2.13. The highest BCUT2D eigenvalue weighted by molar-refractivity contribution is 5.79. The lowest BCUT2D eigenvalue weighted by atomic mass is 10.1. The van der Waals surface area contributed by atoms with E-state index in [0.717, 1.165) is 43.5 Å². The lowest BCUT2D eigenvalue weighted by Gasteiger charge is -2.31. The van der Waals surface area contributed by atoms with Crippen molar-refractivity contribution < 1.29 is 9.47 Å². The molecule has 0 fully saturated rings. The molecule has 154 valence electrons.